The number of aryl methyl sites for hydroxylation is 1. The van der Waals surface area contributed by atoms with Gasteiger partial charge in [0, 0.05) is 28.8 Å². The molecule has 7 heteroatoms. The molecule has 0 aromatic heterocycles. The SMILES string of the molecule is Cc1ccccc1NC(=O)COC(=O)[C@H]1CC(=O)N(c2ccc(Br)cc2)C1. The number of nitrogens with zero attached hydrogens (tertiary/aromatic N) is 1. The molecule has 2 amide bonds. The van der Waals surface area contributed by atoms with Crippen molar-refractivity contribution in [2.24, 2.45) is 5.92 Å². The fraction of sp³-hybridized carbons (Fsp3) is 0.250. The van der Waals surface area contributed by atoms with Crippen molar-refractivity contribution >= 4 is 45.1 Å². The summed E-state index contributed by atoms with van der Waals surface area (Å²) in [7, 11) is 0. The number of benzene rings is 2. The van der Waals surface area contributed by atoms with Crippen molar-refractivity contribution in [3.63, 3.8) is 0 Å². The molecule has 2 aromatic rings. The molecule has 140 valence electrons. The lowest BCUT2D eigenvalue weighted by atomic mass is 10.1. The number of carbonyl (C=O) groups is 3. The Labute approximate surface area is 165 Å². The average Bonchev–Trinajstić information content (AvgIpc) is 3.04. The molecule has 1 saturated heterocycles. The van der Waals surface area contributed by atoms with E-state index in [9.17, 15) is 14.4 Å². The third-order valence-corrected chi connectivity index (χ3v) is 4.89. The van der Waals surface area contributed by atoms with Gasteiger partial charge in [0.05, 0.1) is 5.92 Å². The lowest BCUT2D eigenvalue weighted by Gasteiger charge is -2.16. The van der Waals surface area contributed by atoms with Crippen molar-refractivity contribution in [2.75, 3.05) is 23.4 Å². The molecule has 2 aromatic carbocycles. The highest BCUT2D eigenvalue weighted by Crippen LogP contribution is 2.27. The maximum atomic E-state index is 12.3. The highest BCUT2D eigenvalue weighted by Gasteiger charge is 2.36. The largest absolute Gasteiger partial charge is 0.455 e. The summed E-state index contributed by atoms with van der Waals surface area (Å²) in [6.07, 6.45) is 0.0777. The second kappa shape index (κ2) is 8.35. The summed E-state index contributed by atoms with van der Waals surface area (Å²) < 4.78 is 6.02. The Kier molecular flexibility index (Phi) is 5.91. The Morgan fingerprint density at radius 3 is 2.59 bits per heavy atom. The van der Waals surface area contributed by atoms with Gasteiger partial charge in [-0.2, -0.15) is 0 Å². The lowest BCUT2D eigenvalue weighted by molar-refractivity contribution is -0.151. The summed E-state index contributed by atoms with van der Waals surface area (Å²) in [5.74, 6) is -1.66. The number of amides is 2. The maximum absolute atomic E-state index is 12.3. The third kappa shape index (κ3) is 4.74. The number of hydrogen-bond acceptors (Lipinski definition) is 4. The number of anilines is 2. The Morgan fingerprint density at radius 2 is 1.89 bits per heavy atom. The Hall–Kier alpha value is -2.67. The molecule has 6 nitrogen and oxygen atoms in total. The van der Waals surface area contributed by atoms with Gasteiger partial charge in [-0.1, -0.05) is 34.1 Å². The first-order valence-corrected chi connectivity index (χ1v) is 9.31. The Morgan fingerprint density at radius 1 is 1.19 bits per heavy atom. The van der Waals surface area contributed by atoms with E-state index in [1.165, 1.54) is 0 Å². The lowest BCUT2D eigenvalue weighted by Crippen LogP contribution is -2.28. The van der Waals surface area contributed by atoms with Gasteiger partial charge < -0.3 is 15.0 Å². The van der Waals surface area contributed by atoms with Gasteiger partial charge in [0.1, 0.15) is 0 Å². The minimum atomic E-state index is -0.576. The molecule has 0 aliphatic carbocycles. The Balaban J connectivity index is 1.53. The molecule has 0 unspecified atom stereocenters. The molecule has 1 fully saturated rings. The van der Waals surface area contributed by atoms with E-state index >= 15 is 0 Å². The van der Waals surface area contributed by atoms with Gasteiger partial charge in [-0.05, 0) is 42.8 Å². The zero-order valence-corrected chi connectivity index (χ0v) is 16.4. The molecule has 1 aliphatic rings. The molecule has 1 atom stereocenters. The fourth-order valence-electron chi connectivity index (χ4n) is 2.89. The number of rotatable bonds is 5. The van der Waals surface area contributed by atoms with Crippen LogP contribution in [-0.2, 0) is 19.1 Å². The predicted molar refractivity (Wildman–Crippen MR) is 105 cm³/mol. The first-order valence-electron chi connectivity index (χ1n) is 8.52. The van der Waals surface area contributed by atoms with Crippen LogP contribution < -0.4 is 10.2 Å². The molecule has 0 spiro atoms. The third-order valence-electron chi connectivity index (χ3n) is 4.36. The number of esters is 1. The van der Waals surface area contributed by atoms with Crippen molar-refractivity contribution in [3.05, 3.63) is 58.6 Å². The molecular weight excluding hydrogens is 412 g/mol. The summed E-state index contributed by atoms with van der Waals surface area (Å²) in [5, 5.41) is 2.71. The van der Waals surface area contributed by atoms with Crippen LogP contribution >= 0.6 is 15.9 Å². The van der Waals surface area contributed by atoms with E-state index in [0.29, 0.717) is 5.69 Å². The molecule has 1 heterocycles. The number of nitrogens with one attached hydrogen (secondary N) is 1. The van der Waals surface area contributed by atoms with Crippen LogP contribution in [0.2, 0.25) is 0 Å². The van der Waals surface area contributed by atoms with Crippen molar-refractivity contribution in [2.45, 2.75) is 13.3 Å². The number of para-hydroxylation sites is 1. The smallest absolute Gasteiger partial charge is 0.311 e. The first kappa shape index (κ1) is 19.1. The molecule has 3 rings (SSSR count). The van der Waals surface area contributed by atoms with Gasteiger partial charge in [-0.15, -0.1) is 0 Å². The van der Waals surface area contributed by atoms with Crippen LogP contribution in [0.3, 0.4) is 0 Å². The quantitative estimate of drug-likeness (QED) is 0.738. The monoisotopic (exact) mass is 430 g/mol. The second-order valence-corrected chi connectivity index (χ2v) is 7.27. The molecule has 1 aliphatic heterocycles. The van der Waals surface area contributed by atoms with Crippen LogP contribution in [0, 0.1) is 12.8 Å². The average molecular weight is 431 g/mol. The number of halogens is 1. The van der Waals surface area contributed by atoms with Gasteiger partial charge in [-0.25, -0.2) is 0 Å². The standard InChI is InChI=1S/C20H19BrN2O4/c1-13-4-2-3-5-17(13)22-18(24)12-27-20(26)14-10-19(25)23(11-14)16-8-6-15(21)7-9-16/h2-9,14H,10-12H2,1H3,(H,22,24)/t14-/m0/s1. The molecule has 0 bridgehead atoms. The van der Waals surface area contributed by atoms with Crippen LogP contribution in [0.5, 0.6) is 0 Å². The summed E-state index contributed by atoms with van der Waals surface area (Å²) in [6, 6.07) is 14.6. The second-order valence-electron chi connectivity index (χ2n) is 6.35. The van der Waals surface area contributed by atoms with Crippen LogP contribution in [0.4, 0.5) is 11.4 Å². The molecule has 27 heavy (non-hydrogen) atoms. The molecule has 0 radical (unpaired) electrons. The minimum Gasteiger partial charge on any atom is -0.455 e. The highest BCUT2D eigenvalue weighted by atomic mass is 79.9. The number of ether oxygens (including phenoxy) is 1. The number of carbonyl (C=O) groups excluding carboxylic acids is 3. The van der Waals surface area contributed by atoms with Gasteiger partial charge >= 0.3 is 5.97 Å². The molecule has 1 N–H and O–H groups in total. The summed E-state index contributed by atoms with van der Waals surface area (Å²) in [4.78, 5) is 38.0. The van der Waals surface area contributed by atoms with Crippen molar-refractivity contribution in [1.29, 1.82) is 0 Å². The minimum absolute atomic E-state index is 0.0777. The van der Waals surface area contributed by atoms with E-state index in [2.05, 4.69) is 21.2 Å². The van der Waals surface area contributed by atoms with Crippen molar-refractivity contribution in [1.82, 2.24) is 0 Å². The topological polar surface area (TPSA) is 75.7 Å². The number of hydrogen-bond donors (Lipinski definition) is 1. The van der Waals surface area contributed by atoms with Gasteiger partial charge in [-0.3, -0.25) is 14.4 Å². The van der Waals surface area contributed by atoms with E-state index in [1.54, 1.807) is 11.0 Å². The van der Waals surface area contributed by atoms with Gasteiger partial charge in [0.2, 0.25) is 5.91 Å². The zero-order chi connectivity index (χ0) is 19.4. The van der Waals surface area contributed by atoms with Crippen LogP contribution in [0.1, 0.15) is 12.0 Å². The van der Waals surface area contributed by atoms with Gasteiger partial charge in [0.25, 0.3) is 5.91 Å². The van der Waals surface area contributed by atoms with Crippen molar-refractivity contribution in [3.8, 4) is 0 Å². The van der Waals surface area contributed by atoms with Crippen LogP contribution in [0.25, 0.3) is 0 Å². The first-order chi connectivity index (χ1) is 12.9. The van der Waals surface area contributed by atoms with E-state index in [0.717, 1.165) is 15.7 Å². The summed E-state index contributed by atoms with van der Waals surface area (Å²) in [6.45, 7) is 1.75. The highest BCUT2D eigenvalue weighted by molar-refractivity contribution is 9.10. The fourth-order valence-corrected chi connectivity index (χ4v) is 3.15. The van der Waals surface area contributed by atoms with E-state index in [-0.39, 0.29) is 25.5 Å². The zero-order valence-electron chi connectivity index (χ0n) is 14.8. The normalized spacial score (nSPS) is 16.3. The van der Waals surface area contributed by atoms with Gasteiger partial charge in [0.15, 0.2) is 6.61 Å². The van der Waals surface area contributed by atoms with E-state index in [4.69, 9.17) is 4.74 Å². The molecule has 0 saturated carbocycles. The summed E-state index contributed by atoms with van der Waals surface area (Å²) in [5.41, 5.74) is 2.33. The van der Waals surface area contributed by atoms with E-state index < -0.39 is 17.8 Å². The predicted octanol–water partition coefficient (Wildman–Crippen LogP) is 3.29. The van der Waals surface area contributed by atoms with Crippen LogP contribution in [-0.4, -0.2) is 30.9 Å². The Bertz CT molecular complexity index is 867. The van der Waals surface area contributed by atoms with E-state index in [1.807, 2.05) is 49.4 Å². The van der Waals surface area contributed by atoms with Crippen LogP contribution in [0.15, 0.2) is 53.0 Å². The summed E-state index contributed by atoms with van der Waals surface area (Å²) >= 11 is 3.35. The maximum Gasteiger partial charge on any atom is 0.311 e. The van der Waals surface area contributed by atoms with Crippen molar-refractivity contribution < 1.29 is 19.1 Å². The molecular formula is C20H19BrN2O4.